The van der Waals surface area contributed by atoms with Crippen LogP contribution < -0.4 is 0 Å². The molecule has 4 heterocycles. The van der Waals surface area contributed by atoms with Crippen LogP contribution in [0.1, 0.15) is 24.0 Å². The van der Waals surface area contributed by atoms with Crippen LogP contribution in [0.2, 0.25) is 0 Å². The molecule has 0 saturated carbocycles. The summed E-state index contributed by atoms with van der Waals surface area (Å²) in [5.41, 5.74) is -1.87. The first-order chi connectivity index (χ1) is 13.1. The minimum absolute atomic E-state index is 0.0521. The van der Waals surface area contributed by atoms with Gasteiger partial charge in [0.1, 0.15) is 5.60 Å². The van der Waals surface area contributed by atoms with Crippen molar-refractivity contribution in [2.75, 3.05) is 26.7 Å². The van der Waals surface area contributed by atoms with E-state index in [9.17, 15) is 9.50 Å². The van der Waals surface area contributed by atoms with Crippen molar-refractivity contribution >= 4 is 0 Å². The van der Waals surface area contributed by atoms with Gasteiger partial charge < -0.3 is 9.84 Å². The highest BCUT2D eigenvalue weighted by Gasteiger charge is 2.46. The third kappa shape index (κ3) is 3.14. The van der Waals surface area contributed by atoms with Gasteiger partial charge in [0.2, 0.25) is 5.95 Å². The predicted octanol–water partition coefficient (Wildman–Crippen LogP) is 2.57. The van der Waals surface area contributed by atoms with Crippen LogP contribution in [0.15, 0.2) is 48.7 Å². The number of piperidine rings is 3. The Labute approximate surface area is 159 Å². The molecule has 0 radical (unpaired) electrons. The van der Waals surface area contributed by atoms with Gasteiger partial charge in [-0.3, -0.25) is 4.90 Å². The predicted molar refractivity (Wildman–Crippen MR) is 100 cm³/mol. The van der Waals surface area contributed by atoms with Gasteiger partial charge in [0.25, 0.3) is 0 Å². The summed E-state index contributed by atoms with van der Waals surface area (Å²) in [5, 5.41) is 11.5. The van der Waals surface area contributed by atoms with E-state index in [1.165, 1.54) is 12.3 Å². The summed E-state index contributed by atoms with van der Waals surface area (Å²) < 4.78 is 20.4. The van der Waals surface area contributed by atoms with Crippen LogP contribution in [0.5, 0.6) is 0 Å². The Hall–Kier alpha value is -2.26. The molecule has 1 aromatic carbocycles. The van der Waals surface area contributed by atoms with Gasteiger partial charge in [0, 0.05) is 31.3 Å². The first-order valence-corrected chi connectivity index (χ1v) is 9.28. The molecule has 0 spiro atoms. The summed E-state index contributed by atoms with van der Waals surface area (Å²) in [6.07, 6.45) is 3.41. The van der Waals surface area contributed by atoms with Crippen molar-refractivity contribution in [2.45, 2.75) is 24.0 Å². The van der Waals surface area contributed by atoms with Crippen LogP contribution in [0.4, 0.5) is 4.39 Å². The van der Waals surface area contributed by atoms with Gasteiger partial charge in [-0.25, -0.2) is 4.98 Å². The zero-order valence-corrected chi connectivity index (χ0v) is 15.4. The second-order valence-electron chi connectivity index (χ2n) is 7.31. The number of ether oxygens (including phenoxy) is 1. The Balaban J connectivity index is 1.82. The van der Waals surface area contributed by atoms with E-state index in [1.54, 1.807) is 37.4 Å². The number of fused-ring (bicyclic) bond motifs is 3. The van der Waals surface area contributed by atoms with Crippen molar-refractivity contribution in [3.8, 4) is 11.8 Å². The van der Waals surface area contributed by atoms with E-state index >= 15 is 0 Å². The fraction of sp³-hybridized carbons (Fsp3) is 0.409. The Morgan fingerprint density at radius 3 is 2.56 bits per heavy atom. The maximum absolute atomic E-state index is 14.5. The molecule has 0 aliphatic carbocycles. The molecular weight excluding hydrogens is 343 g/mol. The van der Waals surface area contributed by atoms with E-state index in [1.807, 2.05) is 6.07 Å². The molecule has 1 aromatic heterocycles. The smallest absolute Gasteiger partial charge is 0.220 e. The number of pyridine rings is 1. The summed E-state index contributed by atoms with van der Waals surface area (Å²) in [7, 11) is 1.67. The summed E-state index contributed by atoms with van der Waals surface area (Å²) in [6.45, 7) is 2.82. The van der Waals surface area contributed by atoms with Crippen LogP contribution in [0.25, 0.3) is 0 Å². The molecule has 3 fully saturated rings. The number of nitrogens with zero attached hydrogens (tertiary/aromatic N) is 2. The Morgan fingerprint density at radius 2 is 1.96 bits per heavy atom. The van der Waals surface area contributed by atoms with Crippen molar-refractivity contribution in [2.24, 2.45) is 5.92 Å². The fourth-order valence-electron chi connectivity index (χ4n) is 4.27. The molecule has 1 unspecified atom stereocenters. The molecule has 1 N–H and O–H groups in total. The van der Waals surface area contributed by atoms with Crippen LogP contribution in [-0.4, -0.2) is 47.3 Å². The summed E-state index contributed by atoms with van der Waals surface area (Å²) in [6, 6.07) is 12.1. The Bertz CT molecular complexity index is 871. The van der Waals surface area contributed by atoms with E-state index in [4.69, 9.17) is 4.74 Å². The lowest BCUT2D eigenvalue weighted by molar-refractivity contribution is -0.0964. The minimum atomic E-state index is -1.79. The van der Waals surface area contributed by atoms with Gasteiger partial charge in [-0.05, 0) is 38.1 Å². The molecule has 2 aromatic rings. The van der Waals surface area contributed by atoms with Crippen molar-refractivity contribution in [3.63, 3.8) is 0 Å². The minimum Gasteiger partial charge on any atom is -0.369 e. The quantitative estimate of drug-likeness (QED) is 0.670. The molecule has 5 rings (SSSR count). The molecule has 27 heavy (non-hydrogen) atoms. The number of hydrogen-bond acceptors (Lipinski definition) is 4. The molecule has 5 heteroatoms. The van der Waals surface area contributed by atoms with Crippen LogP contribution in [0, 0.1) is 23.7 Å². The standard InChI is InChI=1S/C22H23FN2O2/c1-27-21(16-25-14-9-17(21)10-15-25)11-12-22(26,18-6-3-2-4-7-18)19-8-5-13-24-20(19)23/h2-8,13,17,26H,9-10,14-16H2,1H3/t21-,22?/m1/s1. The van der Waals surface area contributed by atoms with Crippen molar-refractivity contribution in [1.82, 2.24) is 9.88 Å². The van der Waals surface area contributed by atoms with Crippen LogP contribution >= 0.6 is 0 Å². The molecule has 3 aliphatic rings. The first-order valence-electron chi connectivity index (χ1n) is 9.28. The number of rotatable bonds is 3. The normalized spacial score (nSPS) is 28.9. The molecule has 4 nitrogen and oxygen atoms in total. The van der Waals surface area contributed by atoms with Gasteiger partial charge in [-0.1, -0.05) is 42.2 Å². The topological polar surface area (TPSA) is 45.6 Å². The van der Waals surface area contributed by atoms with Crippen LogP contribution in [-0.2, 0) is 10.3 Å². The van der Waals surface area contributed by atoms with Crippen molar-refractivity contribution in [1.29, 1.82) is 0 Å². The van der Waals surface area contributed by atoms with Crippen molar-refractivity contribution in [3.05, 3.63) is 65.7 Å². The van der Waals surface area contributed by atoms with Gasteiger partial charge in [-0.2, -0.15) is 4.39 Å². The lowest BCUT2D eigenvalue weighted by Crippen LogP contribution is -2.59. The molecule has 3 saturated heterocycles. The monoisotopic (exact) mass is 366 g/mol. The van der Waals surface area contributed by atoms with Gasteiger partial charge >= 0.3 is 0 Å². The maximum atomic E-state index is 14.5. The highest BCUT2D eigenvalue weighted by molar-refractivity contribution is 5.45. The summed E-state index contributed by atoms with van der Waals surface area (Å²) >= 11 is 0. The average Bonchev–Trinajstić information content (AvgIpc) is 2.74. The maximum Gasteiger partial charge on any atom is 0.220 e. The molecule has 3 aliphatic heterocycles. The van der Waals surface area contributed by atoms with E-state index in [-0.39, 0.29) is 5.56 Å². The third-order valence-corrected chi connectivity index (χ3v) is 5.87. The number of aliphatic hydroxyl groups is 1. The lowest BCUT2D eigenvalue weighted by atomic mass is 9.75. The molecule has 2 atom stereocenters. The van der Waals surface area contributed by atoms with E-state index < -0.39 is 17.1 Å². The average molecular weight is 366 g/mol. The zero-order valence-electron chi connectivity index (χ0n) is 15.4. The number of aromatic nitrogens is 1. The Kier molecular flexibility index (Phi) is 4.73. The molecule has 2 bridgehead atoms. The van der Waals surface area contributed by atoms with Crippen molar-refractivity contribution < 1.29 is 14.2 Å². The molecule has 140 valence electrons. The van der Waals surface area contributed by atoms with E-state index in [0.717, 1.165) is 25.9 Å². The third-order valence-electron chi connectivity index (χ3n) is 5.87. The highest BCUT2D eigenvalue weighted by Crippen LogP contribution is 2.38. The Morgan fingerprint density at radius 1 is 1.22 bits per heavy atom. The molecule has 0 amide bonds. The molecular formula is C22H23FN2O2. The number of benzene rings is 1. The second-order valence-corrected chi connectivity index (χ2v) is 7.31. The van der Waals surface area contributed by atoms with Gasteiger partial charge in [-0.15, -0.1) is 0 Å². The van der Waals surface area contributed by atoms with E-state index in [0.29, 0.717) is 18.0 Å². The first kappa shape index (κ1) is 18.1. The number of halogens is 1. The van der Waals surface area contributed by atoms with Gasteiger partial charge in [0.05, 0.1) is 5.56 Å². The fourth-order valence-corrected chi connectivity index (χ4v) is 4.27. The summed E-state index contributed by atoms with van der Waals surface area (Å²) in [4.78, 5) is 6.04. The number of methoxy groups -OCH3 is 1. The largest absolute Gasteiger partial charge is 0.369 e. The van der Waals surface area contributed by atoms with Gasteiger partial charge in [0.15, 0.2) is 5.60 Å². The summed E-state index contributed by atoms with van der Waals surface area (Å²) in [5.74, 6) is 5.81. The lowest BCUT2D eigenvalue weighted by Gasteiger charge is -2.49. The van der Waals surface area contributed by atoms with Crippen LogP contribution in [0.3, 0.4) is 0 Å². The SMILES string of the molecule is CO[C@]1(C#CC(O)(c2ccccc2)c2cccnc2F)CN2CCC1CC2. The highest BCUT2D eigenvalue weighted by atomic mass is 19.1. The number of hydrogen-bond donors (Lipinski definition) is 1. The zero-order chi connectivity index (χ0) is 18.9. The van der Waals surface area contributed by atoms with E-state index in [2.05, 4.69) is 21.7 Å². The second kappa shape index (κ2) is 7.05.